The summed E-state index contributed by atoms with van der Waals surface area (Å²) < 4.78 is 13.4. The van der Waals surface area contributed by atoms with Crippen LogP contribution >= 0.6 is 0 Å². The summed E-state index contributed by atoms with van der Waals surface area (Å²) in [6.07, 6.45) is 4.78. The molecule has 35 heavy (non-hydrogen) atoms. The van der Waals surface area contributed by atoms with E-state index in [1.807, 2.05) is 18.2 Å². The van der Waals surface area contributed by atoms with Gasteiger partial charge in [-0.05, 0) is 36.6 Å². The number of methoxy groups -OCH3 is 2. The molecule has 0 fully saturated rings. The van der Waals surface area contributed by atoms with E-state index in [1.165, 1.54) is 0 Å². The molecule has 0 saturated carbocycles. The number of nitrogens with one attached hydrogen (secondary N) is 1. The number of hydrogen-bond donors (Lipinski definition) is 1. The first-order chi connectivity index (χ1) is 17.0. The van der Waals surface area contributed by atoms with Crippen molar-refractivity contribution in [2.45, 2.75) is 45.8 Å². The van der Waals surface area contributed by atoms with E-state index in [0.717, 1.165) is 61.2 Å². The second kappa shape index (κ2) is 11.3. The number of hydrogen-bond acceptors (Lipinski definition) is 7. The topological polar surface area (TPSA) is 94.4 Å². The first-order valence-corrected chi connectivity index (χ1v) is 12.0. The number of nitrogens with zero attached hydrogens (tertiary/aromatic N) is 5. The van der Waals surface area contributed by atoms with Crippen LogP contribution in [0.2, 0.25) is 0 Å². The highest BCUT2D eigenvalue weighted by molar-refractivity contribution is 5.94. The average molecular weight is 479 g/mol. The molecule has 0 unspecified atom stereocenters. The summed E-state index contributed by atoms with van der Waals surface area (Å²) in [4.78, 5) is 19.4. The van der Waals surface area contributed by atoms with Crippen LogP contribution < -0.4 is 14.8 Å². The third-order valence-electron chi connectivity index (χ3n) is 6.31. The van der Waals surface area contributed by atoms with Crippen molar-refractivity contribution in [2.75, 3.05) is 27.3 Å². The Morgan fingerprint density at radius 1 is 1.06 bits per heavy atom. The van der Waals surface area contributed by atoms with E-state index in [2.05, 4.69) is 43.8 Å². The number of ether oxygens (including phenoxy) is 2. The first-order valence-electron chi connectivity index (χ1n) is 12.0. The molecule has 1 aliphatic heterocycles. The van der Waals surface area contributed by atoms with Crippen LogP contribution in [0.15, 0.2) is 42.7 Å². The molecule has 0 radical (unpaired) electrons. The number of carbonyl (C=O) groups excluding carboxylic acids is 1. The molecule has 0 spiro atoms. The maximum Gasteiger partial charge on any atom is 0.253 e. The highest BCUT2D eigenvalue weighted by Crippen LogP contribution is 2.30. The summed E-state index contributed by atoms with van der Waals surface area (Å²) in [5, 5.41) is 12.2. The summed E-state index contributed by atoms with van der Waals surface area (Å²) in [5.74, 6) is 3.62. The standard InChI is InChI=1S/C26H34N6O3/c1-18(2)15-21(28-26(33)19-7-6-11-27-16-19)25-30-29-24-10-12-31(13-14-32(24)25)17-20-22(34-3)8-5-9-23(20)35-4/h5-9,11,16,18,21H,10,12-15,17H2,1-4H3,(H,28,33)/t21-/m0/s1. The van der Waals surface area contributed by atoms with Crippen molar-refractivity contribution in [3.8, 4) is 11.5 Å². The molecule has 1 aliphatic rings. The van der Waals surface area contributed by atoms with E-state index in [1.54, 1.807) is 38.7 Å². The van der Waals surface area contributed by atoms with Gasteiger partial charge in [0.1, 0.15) is 17.3 Å². The molecule has 0 saturated heterocycles. The van der Waals surface area contributed by atoms with E-state index in [9.17, 15) is 4.79 Å². The largest absolute Gasteiger partial charge is 0.496 e. The number of benzene rings is 1. The van der Waals surface area contributed by atoms with E-state index < -0.39 is 0 Å². The molecular weight excluding hydrogens is 444 g/mol. The average Bonchev–Trinajstić information content (AvgIpc) is 3.17. The number of carbonyl (C=O) groups is 1. The smallest absolute Gasteiger partial charge is 0.253 e. The predicted octanol–water partition coefficient (Wildman–Crippen LogP) is 3.27. The van der Waals surface area contributed by atoms with Crippen molar-refractivity contribution in [3.63, 3.8) is 0 Å². The third kappa shape index (κ3) is 5.79. The Hall–Kier alpha value is -3.46. The van der Waals surface area contributed by atoms with Gasteiger partial charge in [-0.2, -0.15) is 0 Å². The molecule has 9 heteroatoms. The van der Waals surface area contributed by atoms with Gasteiger partial charge in [-0.15, -0.1) is 10.2 Å². The quantitative estimate of drug-likeness (QED) is 0.504. The number of fused-ring (bicyclic) bond motifs is 1. The molecule has 2 aromatic heterocycles. The molecule has 1 atom stereocenters. The third-order valence-corrected chi connectivity index (χ3v) is 6.31. The van der Waals surface area contributed by atoms with Gasteiger partial charge in [0.15, 0.2) is 5.82 Å². The minimum atomic E-state index is -0.232. The van der Waals surface area contributed by atoms with Gasteiger partial charge in [0.05, 0.1) is 31.4 Å². The SMILES string of the molecule is COc1cccc(OC)c1CN1CCc2nnc([C@H](CC(C)C)NC(=O)c3cccnc3)n2CC1. The number of aromatic nitrogens is 4. The molecule has 1 amide bonds. The Morgan fingerprint density at radius 3 is 2.49 bits per heavy atom. The molecule has 0 aliphatic carbocycles. The van der Waals surface area contributed by atoms with Crippen molar-refractivity contribution in [1.82, 2.24) is 30.0 Å². The monoisotopic (exact) mass is 478 g/mol. The fourth-order valence-electron chi connectivity index (χ4n) is 4.55. The van der Waals surface area contributed by atoms with E-state index in [0.29, 0.717) is 18.0 Å². The molecule has 1 aromatic carbocycles. The lowest BCUT2D eigenvalue weighted by molar-refractivity contribution is 0.0928. The van der Waals surface area contributed by atoms with E-state index in [4.69, 9.17) is 9.47 Å². The van der Waals surface area contributed by atoms with Crippen LogP contribution in [0.3, 0.4) is 0 Å². The molecule has 3 heterocycles. The van der Waals surface area contributed by atoms with Gasteiger partial charge in [0, 0.05) is 45.0 Å². The van der Waals surface area contributed by atoms with Crippen molar-refractivity contribution in [2.24, 2.45) is 5.92 Å². The Bertz CT molecular complexity index is 1110. The van der Waals surface area contributed by atoms with Crippen LogP contribution in [-0.2, 0) is 19.5 Å². The molecular formula is C26H34N6O3. The highest BCUT2D eigenvalue weighted by atomic mass is 16.5. The minimum absolute atomic E-state index is 0.153. The molecule has 9 nitrogen and oxygen atoms in total. The lowest BCUT2D eigenvalue weighted by Crippen LogP contribution is -2.32. The van der Waals surface area contributed by atoms with Gasteiger partial charge >= 0.3 is 0 Å². The van der Waals surface area contributed by atoms with Crippen LogP contribution in [0.1, 0.15) is 53.9 Å². The van der Waals surface area contributed by atoms with Crippen LogP contribution in [0.5, 0.6) is 11.5 Å². The Morgan fingerprint density at radius 2 is 1.83 bits per heavy atom. The lowest BCUT2D eigenvalue weighted by Gasteiger charge is -2.23. The van der Waals surface area contributed by atoms with Crippen molar-refractivity contribution in [3.05, 3.63) is 65.5 Å². The van der Waals surface area contributed by atoms with Gasteiger partial charge in [-0.1, -0.05) is 19.9 Å². The number of pyridine rings is 1. The molecule has 0 bridgehead atoms. The van der Waals surface area contributed by atoms with E-state index in [-0.39, 0.29) is 11.9 Å². The van der Waals surface area contributed by atoms with Crippen LogP contribution in [0.25, 0.3) is 0 Å². The maximum absolute atomic E-state index is 12.9. The normalized spacial score (nSPS) is 14.8. The first kappa shape index (κ1) is 24.7. The van der Waals surface area contributed by atoms with Gasteiger partial charge in [0.2, 0.25) is 0 Å². The highest BCUT2D eigenvalue weighted by Gasteiger charge is 2.27. The summed E-state index contributed by atoms with van der Waals surface area (Å²) >= 11 is 0. The molecule has 4 rings (SSSR count). The van der Waals surface area contributed by atoms with Gasteiger partial charge in [-0.25, -0.2) is 0 Å². The maximum atomic E-state index is 12.9. The zero-order chi connectivity index (χ0) is 24.8. The summed E-state index contributed by atoms with van der Waals surface area (Å²) in [7, 11) is 3.37. The van der Waals surface area contributed by atoms with Crippen LogP contribution in [0.4, 0.5) is 0 Å². The fraction of sp³-hybridized carbons (Fsp3) is 0.462. The summed E-state index contributed by atoms with van der Waals surface area (Å²) in [6.45, 7) is 7.41. The zero-order valence-corrected chi connectivity index (χ0v) is 20.9. The molecule has 3 aromatic rings. The van der Waals surface area contributed by atoms with Crippen LogP contribution in [-0.4, -0.2) is 57.9 Å². The Kier molecular flexibility index (Phi) is 7.97. The number of rotatable bonds is 9. The fourth-order valence-corrected chi connectivity index (χ4v) is 4.55. The summed E-state index contributed by atoms with van der Waals surface area (Å²) in [6, 6.07) is 9.16. The molecule has 186 valence electrons. The number of amides is 1. The molecule has 1 N–H and O–H groups in total. The zero-order valence-electron chi connectivity index (χ0n) is 20.9. The van der Waals surface area contributed by atoms with Crippen molar-refractivity contribution >= 4 is 5.91 Å². The Labute approximate surface area is 206 Å². The summed E-state index contributed by atoms with van der Waals surface area (Å²) in [5.41, 5.74) is 1.57. The van der Waals surface area contributed by atoms with Crippen LogP contribution in [0, 0.1) is 5.92 Å². The van der Waals surface area contributed by atoms with Gasteiger partial charge in [-0.3, -0.25) is 14.7 Å². The second-order valence-corrected chi connectivity index (χ2v) is 9.19. The van der Waals surface area contributed by atoms with E-state index >= 15 is 0 Å². The second-order valence-electron chi connectivity index (χ2n) is 9.19. The van der Waals surface area contributed by atoms with Gasteiger partial charge in [0.25, 0.3) is 5.91 Å². The minimum Gasteiger partial charge on any atom is -0.496 e. The lowest BCUT2D eigenvalue weighted by atomic mass is 10.0. The predicted molar refractivity (Wildman–Crippen MR) is 132 cm³/mol. The Balaban J connectivity index is 1.52. The van der Waals surface area contributed by atoms with Gasteiger partial charge < -0.3 is 19.4 Å². The van der Waals surface area contributed by atoms with Crippen molar-refractivity contribution in [1.29, 1.82) is 0 Å². The van der Waals surface area contributed by atoms with Crippen molar-refractivity contribution < 1.29 is 14.3 Å².